The van der Waals surface area contributed by atoms with Gasteiger partial charge in [-0.05, 0) is 39.8 Å². The quantitative estimate of drug-likeness (QED) is 0.685. The number of amides is 1. The van der Waals surface area contributed by atoms with Gasteiger partial charge in [0, 0.05) is 16.2 Å². The Labute approximate surface area is 151 Å². The van der Waals surface area contributed by atoms with Gasteiger partial charge in [0.1, 0.15) is 5.60 Å². The molecule has 0 saturated carbocycles. The Hall–Kier alpha value is -1.70. The number of carbonyl (C=O) groups is 1. The van der Waals surface area contributed by atoms with Gasteiger partial charge < -0.3 is 20.3 Å². The lowest BCUT2D eigenvalue weighted by Gasteiger charge is -2.25. The molecule has 7 heteroatoms. The average Bonchev–Trinajstić information content (AvgIpc) is 2.50. The molecule has 1 amide bonds. The Kier molecular flexibility index (Phi) is 7.79. The molecular weight excluding hydrogens is 342 g/mol. The molecule has 0 spiro atoms. The first-order valence-electron chi connectivity index (χ1n) is 7.98. The van der Waals surface area contributed by atoms with Gasteiger partial charge in [-0.25, -0.2) is 9.00 Å². The molecule has 1 aromatic carbocycles. The van der Waals surface area contributed by atoms with Crippen LogP contribution in [0, 0.1) is 6.92 Å². The summed E-state index contributed by atoms with van der Waals surface area (Å²) in [5.41, 5.74) is 0.360. The molecule has 1 rings (SSSR count). The number of aliphatic hydroxyl groups is 2. The van der Waals surface area contributed by atoms with Gasteiger partial charge in [-0.1, -0.05) is 24.3 Å². The monoisotopic (exact) mass is 369 g/mol. The number of aryl methyl sites for hydroxylation is 1. The van der Waals surface area contributed by atoms with Crippen LogP contribution in [-0.4, -0.2) is 44.9 Å². The zero-order chi connectivity index (χ0) is 19.2. The highest BCUT2D eigenvalue weighted by Gasteiger charge is 2.25. The van der Waals surface area contributed by atoms with Gasteiger partial charge in [-0.15, -0.1) is 0 Å². The van der Waals surface area contributed by atoms with E-state index in [1.54, 1.807) is 32.9 Å². The fourth-order valence-electron chi connectivity index (χ4n) is 2.00. The van der Waals surface area contributed by atoms with Crippen LogP contribution in [-0.2, 0) is 15.5 Å². The normalized spacial score (nSPS) is 15.1. The van der Waals surface area contributed by atoms with Crippen LogP contribution >= 0.6 is 0 Å². The van der Waals surface area contributed by atoms with E-state index in [1.165, 1.54) is 0 Å². The summed E-state index contributed by atoms with van der Waals surface area (Å²) in [5.74, 6) is 0. The molecule has 6 nitrogen and oxygen atoms in total. The second-order valence-corrected chi connectivity index (χ2v) is 8.41. The van der Waals surface area contributed by atoms with Gasteiger partial charge >= 0.3 is 6.09 Å². The van der Waals surface area contributed by atoms with Crippen LogP contribution in [0.2, 0.25) is 0 Å². The fraction of sp³-hybridized carbons (Fsp3) is 0.500. The van der Waals surface area contributed by atoms with Crippen LogP contribution < -0.4 is 5.32 Å². The number of hydrogen-bond acceptors (Lipinski definition) is 5. The van der Waals surface area contributed by atoms with E-state index in [9.17, 15) is 19.2 Å². The molecule has 0 radical (unpaired) electrons. The molecule has 0 aromatic heterocycles. The largest absolute Gasteiger partial charge is 0.444 e. The zero-order valence-electron chi connectivity index (χ0n) is 15.1. The van der Waals surface area contributed by atoms with E-state index < -0.39 is 41.2 Å². The van der Waals surface area contributed by atoms with Crippen LogP contribution in [0.15, 0.2) is 40.6 Å². The molecule has 140 valence electrons. The van der Waals surface area contributed by atoms with Crippen molar-refractivity contribution in [2.75, 3.05) is 6.61 Å². The number of benzene rings is 1. The summed E-state index contributed by atoms with van der Waals surface area (Å²) in [7, 11) is -1.48. The van der Waals surface area contributed by atoms with E-state index in [0.717, 1.165) is 5.56 Å². The van der Waals surface area contributed by atoms with Crippen molar-refractivity contribution in [3.8, 4) is 0 Å². The summed E-state index contributed by atoms with van der Waals surface area (Å²) in [6.07, 6.45) is -1.91. The Morgan fingerprint density at radius 3 is 2.36 bits per heavy atom. The van der Waals surface area contributed by atoms with Crippen molar-refractivity contribution in [1.29, 1.82) is 0 Å². The van der Waals surface area contributed by atoms with Gasteiger partial charge in [0.25, 0.3) is 0 Å². The summed E-state index contributed by atoms with van der Waals surface area (Å²) in [5, 5.41) is 22.1. The number of alkyl carbamates (subject to hydrolysis) is 1. The number of nitrogens with one attached hydrogen (secondary N) is 1. The molecule has 1 unspecified atom stereocenters. The first kappa shape index (κ1) is 21.3. The summed E-state index contributed by atoms with van der Waals surface area (Å²) < 4.78 is 17.5. The molecule has 0 aliphatic rings. The fourth-order valence-corrected chi connectivity index (χ4v) is 3.04. The number of hydrogen-bond donors (Lipinski definition) is 3. The van der Waals surface area contributed by atoms with Gasteiger partial charge in [0.2, 0.25) is 0 Å². The first-order chi connectivity index (χ1) is 11.5. The molecule has 25 heavy (non-hydrogen) atoms. The van der Waals surface area contributed by atoms with E-state index in [4.69, 9.17) is 4.74 Å². The minimum atomic E-state index is -1.48. The SMILES string of the molecule is C=C(C[C@@H](O)[C@H](CO)NC(=O)OC(C)(C)C)S(=O)c1ccc(C)cc1. The van der Waals surface area contributed by atoms with Crippen molar-refractivity contribution in [1.82, 2.24) is 5.32 Å². The van der Waals surface area contributed by atoms with E-state index in [0.29, 0.717) is 9.80 Å². The van der Waals surface area contributed by atoms with Crippen LogP contribution in [0.4, 0.5) is 4.79 Å². The Bertz CT molecular complexity index is 621. The molecule has 3 N–H and O–H groups in total. The van der Waals surface area contributed by atoms with Crippen LogP contribution in [0.3, 0.4) is 0 Å². The third-order valence-corrected chi connectivity index (χ3v) is 4.69. The Balaban J connectivity index is 2.66. The van der Waals surface area contributed by atoms with E-state index in [2.05, 4.69) is 11.9 Å². The Morgan fingerprint density at radius 1 is 1.32 bits per heavy atom. The van der Waals surface area contributed by atoms with Crippen LogP contribution in [0.5, 0.6) is 0 Å². The molecule has 0 aliphatic carbocycles. The Morgan fingerprint density at radius 2 is 1.88 bits per heavy atom. The topological polar surface area (TPSA) is 95.9 Å². The highest BCUT2D eigenvalue weighted by atomic mass is 32.2. The number of ether oxygens (including phenoxy) is 1. The summed E-state index contributed by atoms with van der Waals surface area (Å²) in [6.45, 7) is 10.3. The van der Waals surface area contributed by atoms with Crippen molar-refractivity contribution in [2.24, 2.45) is 0 Å². The highest BCUT2D eigenvalue weighted by molar-refractivity contribution is 7.89. The molecule has 0 fully saturated rings. The van der Waals surface area contributed by atoms with Crippen molar-refractivity contribution in [3.63, 3.8) is 0 Å². The van der Waals surface area contributed by atoms with Crippen molar-refractivity contribution < 1.29 is 24.0 Å². The first-order valence-corrected chi connectivity index (χ1v) is 9.13. The number of aliphatic hydroxyl groups excluding tert-OH is 2. The van der Waals surface area contributed by atoms with Crippen molar-refractivity contribution >= 4 is 16.9 Å². The lowest BCUT2D eigenvalue weighted by molar-refractivity contribution is 0.0355. The van der Waals surface area contributed by atoms with Crippen molar-refractivity contribution in [3.05, 3.63) is 41.3 Å². The third-order valence-electron chi connectivity index (χ3n) is 3.30. The summed E-state index contributed by atoms with van der Waals surface area (Å²) in [4.78, 5) is 12.7. The smallest absolute Gasteiger partial charge is 0.408 e. The molecule has 1 aromatic rings. The second kappa shape index (κ2) is 9.12. The molecule has 0 heterocycles. The summed E-state index contributed by atoms with van der Waals surface area (Å²) >= 11 is 0. The number of carbonyl (C=O) groups excluding carboxylic acids is 1. The lowest BCUT2D eigenvalue weighted by atomic mass is 10.1. The minimum Gasteiger partial charge on any atom is -0.444 e. The molecule has 0 bridgehead atoms. The van der Waals surface area contributed by atoms with Crippen molar-refractivity contribution in [2.45, 2.75) is 56.8 Å². The molecule has 0 saturated heterocycles. The van der Waals surface area contributed by atoms with E-state index in [-0.39, 0.29) is 6.42 Å². The average molecular weight is 369 g/mol. The van der Waals surface area contributed by atoms with Gasteiger partial charge in [0.15, 0.2) is 0 Å². The maximum absolute atomic E-state index is 12.4. The lowest BCUT2D eigenvalue weighted by Crippen LogP contribution is -2.47. The third kappa shape index (κ3) is 7.37. The number of rotatable bonds is 7. The van der Waals surface area contributed by atoms with Gasteiger partial charge in [-0.3, -0.25) is 0 Å². The van der Waals surface area contributed by atoms with E-state index >= 15 is 0 Å². The van der Waals surface area contributed by atoms with Gasteiger partial charge in [0.05, 0.1) is 29.6 Å². The molecular formula is C18H27NO5S. The second-order valence-electron chi connectivity index (χ2n) is 6.83. The van der Waals surface area contributed by atoms with E-state index in [1.807, 2.05) is 19.1 Å². The standard InChI is InChI=1S/C18H27NO5S/c1-12-6-8-14(9-7-12)25(23)13(2)10-16(21)15(11-20)19-17(22)24-18(3,4)5/h6-9,15-16,20-21H,2,10-11H2,1,3-5H3,(H,19,22)/t15-,16+,25?/m0/s1. The van der Waals surface area contributed by atoms with Crippen LogP contribution in [0.25, 0.3) is 0 Å². The molecule has 3 atom stereocenters. The van der Waals surface area contributed by atoms with Gasteiger partial charge in [-0.2, -0.15) is 0 Å². The maximum atomic E-state index is 12.4. The maximum Gasteiger partial charge on any atom is 0.408 e. The zero-order valence-corrected chi connectivity index (χ0v) is 15.9. The minimum absolute atomic E-state index is 0.0263. The predicted octanol–water partition coefficient (Wildman–Crippen LogP) is 2.25. The van der Waals surface area contributed by atoms with Crippen LogP contribution in [0.1, 0.15) is 32.8 Å². The predicted molar refractivity (Wildman–Crippen MR) is 97.6 cm³/mol. The molecule has 0 aliphatic heterocycles. The highest BCUT2D eigenvalue weighted by Crippen LogP contribution is 2.19. The summed E-state index contributed by atoms with van der Waals surface area (Å²) in [6, 6.07) is 6.23.